The Morgan fingerprint density at radius 3 is 1.20 bits per heavy atom. The standard InChI is InChI=1S/C58H90O6/c1-4-7-10-13-16-19-22-25-27-29-31-33-36-39-42-45-48-51-57(60)63-54-55(53-62-56(59)50-47-44-41-38-35-32-24-21-18-15-12-9-6-3)64-58(61)52-49-46-43-40-37-34-30-28-26-23-20-17-14-11-8-5-2/h8-9,11-12,15-21,24-28,32,34-35,37-38,41,55H,4-7,10,13-14,22-23,29-31,33,36,39-40,42-54H2,1-3H3/b11-8-,12-9-,18-15-,19-16-,20-17-,24-21-,27-25-,28-26-,35-32-,37-34-,41-38-. The molecular formula is C58H90O6. The van der Waals surface area contributed by atoms with Gasteiger partial charge in [-0.05, 0) is 103 Å². The predicted molar refractivity (Wildman–Crippen MR) is 274 cm³/mol. The molecular weight excluding hydrogens is 793 g/mol. The van der Waals surface area contributed by atoms with Crippen molar-refractivity contribution in [3.05, 3.63) is 134 Å². The van der Waals surface area contributed by atoms with E-state index in [-0.39, 0.29) is 44.0 Å². The van der Waals surface area contributed by atoms with Gasteiger partial charge in [0.25, 0.3) is 0 Å². The minimum Gasteiger partial charge on any atom is -0.462 e. The fourth-order valence-corrected chi connectivity index (χ4v) is 6.26. The minimum absolute atomic E-state index is 0.123. The Bertz CT molecular complexity index is 1430. The average Bonchev–Trinajstić information content (AvgIpc) is 3.29. The van der Waals surface area contributed by atoms with E-state index in [0.717, 1.165) is 89.9 Å². The van der Waals surface area contributed by atoms with Crippen LogP contribution in [0.5, 0.6) is 0 Å². The molecule has 64 heavy (non-hydrogen) atoms. The van der Waals surface area contributed by atoms with E-state index < -0.39 is 6.10 Å². The van der Waals surface area contributed by atoms with E-state index in [9.17, 15) is 14.4 Å². The lowest BCUT2D eigenvalue weighted by molar-refractivity contribution is -0.167. The second kappa shape index (κ2) is 51.2. The molecule has 0 aliphatic rings. The maximum atomic E-state index is 12.8. The Labute approximate surface area is 392 Å². The number of ether oxygens (including phenoxy) is 3. The van der Waals surface area contributed by atoms with Crippen LogP contribution in [-0.2, 0) is 28.6 Å². The first kappa shape index (κ1) is 59.5. The average molecular weight is 883 g/mol. The minimum atomic E-state index is -0.831. The number of carbonyl (C=O) groups excluding carboxylic acids is 3. The maximum absolute atomic E-state index is 12.8. The zero-order valence-electron chi connectivity index (χ0n) is 40.7. The van der Waals surface area contributed by atoms with Crippen molar-refractivity contribution in [2.45, 2.75) is 200 Å². The van der Waals surface area contributed by atoms with Crippen LogP contribution < -0.4 is 0 Å². The zero-order chi connectivity index (χ0) is 46.5. The van der Waals surface area contributed by atoms with Gasteiger partial charge in [-0.1, -0.05) is 206 Å². The van der Waals surface area contributed by atoms with Gasteiger partial charge in [0.15, 0.2) is 6.10 Å². The SMILES string of the molecule is CC\C=C/C=C\C=C/C=C\C=C/CCCC(=O)OCC(COC(=O)CCCCCCCCC/C=C\C/C=C\CCCCC)OC(=O)CCCCC/C=C\C/C=C\C/C=C\C/C=C\CC. The molecule has 6 nitrogen and oxygen atoms in total. The highest BCUT2D eigenvalue weighted by Gasteiger charge is 2.19. The molecule has 0 spiro atoms. The number of unbranched alkanes of at least 4 members (excludes halogenated alkanes) is 14. The first-order valence-corrected chi connectivity index (χ1v) is 25.3. The topological polar surface area (TPSA) is 78.9 Å². The molecule has 6 heteroatoms. The van der Waals surface area contributed by atoms with Crippen LogP contribution in [-0.4, -0.2) is 37.2 Å². The van der Waals surface area contributed by atoms with Crippen molar-refractivity contribution in [3.8, 4) is 0 Å². The van der Waals surface area contributed by atoms with E-state index >= 15 is 0 Å². The third kappa shape index (κ3) is 48.6. The molecule has 0 saturated carbocycles. The molecule has 0 heterocycles. The van der Waals surface area contributed by atoms with E-state index in [4.69, 9.17) is 14.2 Å². The first-order valence-electron chi connectivity index (χ1n) is 25.3. The first-order chi connectivity index (χ1) is 31.5. The quantitative estimate of drug-likeness (QED) is 0.0200. The Hall–Kier alpha value is -4.45. The molecule has 0 rings (SSSR count). The van der Waals surface area contributed by atoms with E-state index in [1.165, 1.54) is 51.4 Å². The van der Waals surface area contributed by atoms with Crippen molar-refractivity contribution < 1.29 is 28.6 Å². The van der Waals surface area contributed by atoms with Gasteiger partial charge in [-0.15, -0.1) is 0 Å². The summed E-state index contributed by atoms with van der Waals surface area (Å²) in [5, 5.41) is 0. The van der Waals surface area contributed by atoms with Crippen LogP contribution in [0.4, 0.5) is 0 Å². The molecule has 0 aromatic heterocycles. The Kier molecular flexibility index (Phi) is 47.6. The van der Waals surface area contributed by atoms with Gasteiger partial charge >= 0.3 is 17.9 Å². The molecule has 0 aliphatic heterocycles. The van der Waals surface area contributed by atoms with Crippen molar-refractivity contribution >= 4 is 17.9 Å². The summed E-state index contributed by atoms with van der Waals surface area (Å²) in [6, 6.07) is 0. The van der Waals surface area contributed by atoms with Gasteiger partial charge in [-0.25, -0.2) is 0 Å². The highest BCUT2D eigenvalue weighted by molar-refractivity contribution is 5.71. The van der Waals surface area contributed by atoms with Crippen molar-refractivity contribution in [3.63, 3.8) is 0 Å². The number of rotatable bonds is 43. The van der Waals surface area contributed by atoms with Gasteiger partial charge in [-0.3, -0.25) is 14.4 Å². The van der Waals surface area contributed by atoms with Crippen molar-refractivity contribution in [1.29, 1.82) is 0 Å². The van der Waals surface area contributed by atoms with Crippen LogP contribution in [0.15, 0.2) is 134 Å². The largest absolute Gasteiger partial charge is 0.462 e. The molecule has 0 N–H and O–H groups in total. The maximum Gasteiger partial charge on any atom is 0.306 e. The molecule has 0 fully saturated rings. The molecule has 0 radical (unpaired) electrons. The molecule has 1 atom stereocenters. The Morgan fingerprint density at radius 1 is 0.344 bits per heavy atom. The molecule has 0 aromatic rings. The van der Waals surface area contributed by atoms with Gasteiger partial charge in [0.1, 0.15) is 13.2 Å². The lowest BCUT2D eigenvalue weighted by Gasteiger charge is -2.18. The van der Waals surface area contributed by atoms with Crippen LogP contribution in [0.1, 0.15) is 194 Å². The Morgan fingerprint density at radius 2 is 0.703 bits per heavy atom. The van der Waals surface area contributed by atoms with Crippen molar-refractivity contribution in [1.82, 2.24) is 0 Å². The van der Waals surface area contributed by atoms with Crippen molar-refractivity contribution in [2.75, 3.05) is 13.2 Å². The van der Waals surface area contributed by atoms with E-state index in [1.807, 2.05) is 54.7 Å². The predicted octanol–water partition coefficient (Wildman–Crippen LogP) is 16.7. The fraction of sp³-hybridized carbons (Fsp3) is 0.569. The van der Waals surface area contributed by atoms with Crippen LogP contribution >= 0.6 is 0 Å². The number of allylic oxidation sites excluding steroid dienone is 22. The van der Waals surface area contributed by atoms with Crippen LogP contribution in [0.2, 0.25) is 0 Å². The molecule has 0 bridgehead atoms. The highest BCUT2D eigenvalue weighted by Crippen LogP contribution is 2.12. The van der Waals surface area contributed by atoms with Gasteiger partial charge in [0, 0.05) is 19.3 Å². The number of carbonyl (C=O) groups is 3. The fourth-order valence-electron chi connectivity index (χ4n) is 6.26. The smallest absolute Gasteiger partial charge is 0.306 e. The summed E-state index contributed by atoms with van der Waals surface area (Å²) in [5.41, 5.74) is 0. The molecule has 358 valence electrons. The molecule has 0 aliphatic carbocycles. The lowest BCUT2D eigenvalue weighted by Crippen LogP contribution is -2.30. The number of hydrogen-bond donors (Lipinski definition) is 0. The molecule has 0 amide bonds. The van der Waals surface area contributed by atoms with E-state index in [0.29, 0.717) is 19.3 Å². The summed E-state index contributed by atoms with van der Waals surface area (Å²) in [7, 11) is 0. The lowest BCUT2D eigenvalue weighted by atomic mass is 10.1. The van der Waals surface area contributed by atoms with Crippen LogP contribution in [0.3, 0.4) is 0 Å². The third-order valence-corrected chi connectivity index (χ3v) is 10.00. The third-order valence-electron chi connectivity index (χ3n) is 10.00. The van der Waals surface area contributed by atoms with Gasteiger partial charge in [0.05, 0.1) is 0 Å². The van der Waals surface area contributed by atoms with Crippen LogP contribution in [0, 0.1) is 0 Å². The summed E-state index contributed by atoms with van der Waals surface area (Å²) in [4.78, 5) is 37.9. The number of hydrogen-bond acceptors (Lipinski definition) is 6. The van der Waals surface area contributed by atoms with Crippen LogP contribution in [0.25, 0.3) is 0 Å². The Balaban J connectivity index is 4.57. The second-order valence-corrected chi connectivity index (χ2v) is 16.1. The molecule has 1 unspecified atom stereocenters. The van der Waals surface area contributed by atoms with E-state index in [2.05, 4.69) is 99.8 Å². The van der Waals surface area contributed by atoms with E-state index in [1.54, 1.807) is 0 Å². The van der Waals surface area contributed by atoms with Gasteiger partial charge in [0.2, 0.25) is 0 Å². The summed E-state index contributed by atoms with van der Waals surface area (Å²) >= 11 is 0. The molecule has 0 aromatic carbocycles. The van der Waals surface area contributed by atoms with Gasteiger partial charge in [-0.2, -0.15) is 0 Å². The van der Waals surface area contributed by atoms with Crippen molar-refractivity contribution in [2.24, 2.45) is 0 Å². The summed E-state index contributed by atoms with van der Waals surface area (Å²) < 4.78 is 16.7. The monoisotopic (exact) mass is 883 g/mol. The second-order valence-electron chi connectivity index (χ2n) is 16.1. The highest BCUT2D eigenvalue weighted by atomic mass is 16.6. The zero-order valence-corrected chi connectivity index (χ0v) is 40.7. The summed E-state index contributed by atoms with van der Waals surface area (Å²) in [6.07, 6.45) is 71.5. The van der Waals surface area contributed by atoms with Gasteiger partial charge < -0.3 is 14.2 Å². The summed E-state index contributed by atoms with van der Waals surface area (Å²) in [6.45, 7) is 6.23. The molecule has 0 saturated heterocycles. The normalized spacial score (nSPS) is 13.2. The number of esters is 3. The summed E-state index contributed by atoms with van der Waals surface area (Å²) in [5.74, 6) is -1.05.